The molecule has 0 saturated carbocycles. The van der Waals surface area contributed by atoms with E-state index in [1.807, 2.05) is 32.0 Å². The van der Waals surface area contributed by atoms with Crippen LogP contribution >= 0.6 is 0 Å². The predicted molar refractivity (Wildman–Crippen MR) is 76.0 cm³/mol. The Hall–Kier alpha value is -1.91. The molecule has 110 valence electrons. The first-order valence-electron chi connectivity index (χ1n) is 6.82. The van der Waals surface area contributed by atoms with Crippen LogP contribution in [0.25, 0.3) is 0 Å². The molecule has 1 heterocycles. The fourth-order valence-corrected chi connectivity index (χ4v) is 2.13. The summed E-state index contributed by atoms with van der Waals surface area (Å²) in [6.07, 6.45) is 2.59. The van der Waals surface area contributed by atoms with Gasteiger partial charge >= 0.3 is 5.97 Å². The Morgan fingerprint density at radius 1 is 1.30 bits per heavy atom. The molecule has 1 N–H and O–H groups in total. The van der Waals surface area contributed by atoms with Gasteiger partial charge in [0.1, 0.15) is 0 Å². The number of pyridine rings is 1. The SMILES string of the molecule is CCC(CC)(CC(=O)N(C)Cc1ccccn1)C(=O)O. The lowest BCUT2D eigenvalue weighted by Gasteiger charge is -2.28. The van der Waals surface area contributed by atoms with Gasteiger partial charge < -0.3 is 10.0 Å². The van der Waals surface area contributed by atoms with E-state index in [0.29, 0.717) is 19.4 Å². The zero-order valence-electron chi connectivity index (χ0n) is 12.3. The molecule has 20 heavy (non-hydrogen) atoms. The molecule has 1 rings (SSSR count). The lowest BCUT2D eigenvalue weighted by molar-refractivity contribution is -0.154. The number of hydrogen-bond acceptors (Lipinski definition) is 3. The van der Waals surface area contributed by atoms with Gasteiger partial charge in [0.2, 0.25) is 5.91 Å². The van der Waals surface area contributed by atoms with E-state index in [1.54, 1.807) is 13.2 Å². The molecule has 0 saturated heterocycles. The summed E-state index contributed by atoms with van der Waals surface area (Å²) in [5.74, 6) is -1.07. The molecule has 0 bridgehead atoms. The van der Waals surface area contributed by atoms with Gasteiger partial charge in [-0.2, -0.15) is 0 Å². The van der Waals surface area contributed by atoms with Crippen molar-refractivity contribution < 1.29 is 14.7 Å². The van der Waals surface area contributed by atoms with Gasteiger partial charge in [-0.05, 0) is 25.0 Å². The van der Waals surface area contributed by atoms with Crippen molar-refractivity contribution in [2.45, 2.75) is 39.7 Å². The molecule has 0 radical (unpaired) electrons. The molecule has 5 heteroatoms. The third kappa shape index (κ3) is 3.79. The third-order valence-corrected chi connectivity index (χ3v) is 3.85. The number of carboxylic acid groups (broad SMARTS) is 1. The highest BCUT2D eigenvalue weighted by molar-refractivity contribution is 5.84. The molecule has 5 nitrogen and oxygen atoms in total. The topological polar surface area (TPSA) is 70.5 Å². The second-order valence-corrected chi connectivity index (χ2v) is 5.04. The number of hydrogen-bond donors (Lipinski definition) is 1. The standard InChI is InChI=1S/C15H22N2O3/c1-4-15(5-2,14(19)20)10-13(18)17(3)11-12-8-6-7-9-16-12/h6-9H,4-5,10-11H2,1-3H3,(H,19,20). The van der Waals surface area contributed by atoms with Crippen LogP contribution in [0.3, 0.4) is 0 Å². The number of carbonyl (C=O) groups excluding carboxylic acids is 1. The number of carbonyl (C=O) groups is 2. The maximum absolute atomic E-state index is 12.2. The summed E-state index contributed by atoms with van der Waals surface area (Å²) in [5, 5.41) is 9.36. The van der Waals surface area contributed by atoms with Crippen LogP contribution in [0.15, 0.2) is 24.4 Å². The van der Waals surface area contributed by atoms with Gasteiger partial charge in [-0.15, -0.1) is 0 Å². The Kier molecular flexibility index (Phi) is 5.67. The van der Waals surface area contributed by atoms with E-state index < -0.39 is 11.4 Å². The Morgan fingerprint density at radius 3 is 2.40 bits per heavy atom. The van der Waals surface area contributed by atoms with Crippen LogP contribution in [0.5, 0.6) is 0 Å². The highest BCUT2D eigenvalue weighted by atomic mass is 16.4. The largest absolute Gasteiger partial charge is 0.481 e. The lowest BCUT2D eigenvalue weighted by Crippen LogP contribution is -2.37. The maximum atomic E-state index is 12.2. The number of nitrogens with zero attached hydrogens (tertiary/aromatic N) is 2. The molecule has 0 aliphatic rings. The van der Waals surface area contributed by atoms with E-state index in [2.05, 4.69) is 4.98 Å². The van der Waals surface area contributed by atoms with Crippen LogP contribution in [0.2, 0.25) is 0 Å². The van der Waals surface area contributed by atoms with Gasteiger partial charge in [0.05, 0.1) is 17.7 Å². The number of amides is 1. The molecule has 1 aromatic rings. The molecule has 0 aromatic carbocycles. The van der Waals surface area contributed by atoms with E-state index in [-0.39, 0.29) is 12.3 Å². The van der Waals surface area contributed by atoms with Crippen LogP contribution in [-0.2, 0) is 16.1 Å². The third-order valence-electron chi connectivity index (χ3n) is 3.85. The van der Waals surface area contributed by atoms with Gasteiger partial charge in [0.25, 0.3) is 0 Å². The first-order chi connectivity index (χ1) is 9.45. The van der Waals surface area contributed by atoms with Crippen molar-refractivity contribution in [3.63, 3.8) is 0 Å². The van der Waals surface area contributed by atoms with Crippen molar-refractivity contribution in [3.8, 4) is 0 Å². The summed E-state index contributed by atoms with van der Waals surface area (Å²) in [7, 11) is 1.68. The number of aromatic nitrogens is 1. The van der Waals surface area contributed by atoms with Crippen LogP contribution < -0.4 is 0 Å². The molecule has 0 aliphatic heterocycles. The molecular formula is C15H22N2O3. The summed E-state index contributed by atoms with van der Waals surface area (Å²) in [6, 6.07) is 5.52. The highest BCUT2D eigenvalue weighted by Gasteiger charge is 2.37. The van der Waals surface area contributed by atoms with Crippen LogP contribution in [0.1, 0.15) is 38.8 Å². The predicted octanol–water partition coefficient (Wildman–Crippen LogP) is 2.32. The Morgan fingerprint density at radius 2 is 1.95 bits per heavy atom. The van der Waals surface area contributed by atoms with E-state index in [4.69, 9.17) is 0 Å². The smallest absolute Gasteiger partial charge is 0.310 e. The fraction of sp³-hybridized carbons (Fsp3) is 0.533. The molecular weight excluding hydrogens is 256 g/mol. The summed E-state index contributed by atoms with van der Waals surface area (Å²) in [4.78, 5) is 29.3. The lowest BCUT2D eigenvalue weighted by atomic mass is 9.79. The Balaban J connectivity index is 2.72. The van der Waals surface area contributed by atoms with Crippen molar-refractivity contribution in [1.29, 1.82) is 0 Å². The number of rotatable bonds is 7. The van der Waals surface area contributed by atoms with Gasteiger partial charge in [-0.1, -0.05) is 19.9 Å². The molecule has 0 unspecified atom stereocenters. The fourth-order valence-electron chi connectivity index (χ4n) is 2.13. The van der Waals surface area contributed by atoms with Crippen molar-refractivity contribution in [2.24, 2.45) is 5.41 Å². The number of carboxylic acids is 1. The normalized spacial score (nSPS) is 11.2. The van der Waals surface area contributed by atoms with Crippen molar-refractivity contribution >= 4 is 11.9 Å². The van der Waals surface area contributed by atoms with Crippen LogP contribution in [0.4, 0.5) is 0 Å². The minimum atomic E-state index is -0.963. The van der Waals surface area contributed by atoms with E-state index in [9.17, 15) is 14.7 Å². The highest BCUT2D eigenvalue weighted by Crippen LogP contribution is 2.31. The first-order valence-corrected chi connectivity index (χ1v) is 6.82. The molecule has 1 aromatic heterocycles. The summed E-state index contributed by atoms with van der Waals surface area (Å²) in [5.41, 5.74) is -0.174. The first kappa shape index (κ1) is 16.1. The molecule has 0 spiro atoms. The molecule has 0 fully saturated rings. The average Bonchev–Trinajstić information content (AvgIpc) is 2.45. The zero-order chi connectivity index (χ0) is 15.2. The van der Waals surface area contributed by atoms with Gasteiger partial charge in [-0.3, -0.25) is 14.6 Å². The number of aliphatic carboxylic acids is 1. The summed E-state index contributed by atoms with van der Waals surface area (Å²) < 4.78 is 0. The van der Waals surface area contributed by atoms with Crippen LogP contribution in [-0.4, -0.2) is 33.9 Å². The maximum Gasteiger partial charge on any atom is 0.310 e. The minimum absolute atomic E-state index is 0.0265. The second kappa shape index (κ2) is 7.03. The Labute approximate surface area is 119 Å². The minimum Gasteiger partial charge on any atom is -0.481 e. The molecule has 0 atom stereocenters. The van der Waals surface area contributed by atoms with Crippen molar-refractivity contribution in [1.82, 2.24) is 9.88 Å². The molecule has 0 aliphatic carbocycles. The van der Waals surface area contributed by atoms with Crippen LogP contribution in [0, 0.1) is 5.41 Å². The monoisotopic (exact) mass is 278 g/mol. The average molecular weight is 278 g/mol. The summed E-state index contributed by atoms with van der Waals surface area (Å²) >= 11 is 0. The van der Waals surface area contributed by atoms with E-state index in [0.717, 1.165) is 5.69 Å². The summed E-state index contributed by atoms with van der Waals surface area (Å²) in [6.45, 7) is 4.01. The van der Waals surface area contributed by atoms with Crippen molar-refractivity contribution in [3.05, 3.63) is 30.1 Å². The second-order valence-electron chi connectivity index (χ2n) is 5.04. The quantitative estimate of drug-likeness (QED) is 0.831. The van der Waals surface area contributed by atoms with E-state index >= 15 is 0 Å². The van der Waals surface area contributed by atoms with Gasteiger partial charge in [0, 0.05) is 19.7 Å². The van der Waals surface area contributed by atoms with Gasteiger partial charge in [-0.25, -0.2) is 0 Å². The van der Waals surface area contributed by atoms with Gasteiger partial charge in [0.15, 0.2) is 0 Å². The van der Waals surface area contributed by atoms with E-state index in [1.165, 1.54) is 4.90 Å². The zero-order valence-corrected chi connectivity index (χ0v) is 12.3. The van der Waals surface area contributed by atoms with Crippen molar-refractivity contribution in [2.75, 3.05) is 7.05 Å². The molecule has 1 amide bonds. The Bertz CT molecular complexity index is 455.